The van der Waals surface area contributed by atoms with Crippen molar-refractivity contribution in [2.24, 2.45) is 0 Å². The van der Waals surface area contributed by atoms with E-state index in [1.807, 2.05) is 30.3 Å². The summed E-state index contributed by atoms with van der Waals surface area (Å²) in [7, 11) is 0. The van der Waals surface area contributed by atoms with E-state index >= 15 is 0 Å². The van der Waals surface area contributed by atoms with Crippen LogP contribution in [0.5, 0.6) is 0 Å². The van der Waals surface area contributed by atoms with E-state index in [2.05, 4.69) is 11.2 Å². The molecule has 6 heteroatoms. The van der Waals surface area contributed by atoms with Crippen LogP contribution in [0.2, 0.25) is 0 Å². The fourth-order valence-electron chi connectivity index (χ4n) is 1.79. The lowest BCUT2D eigenvalue weighted by molar-refractivity contribution is -0.146. The molecule has 0 fully saturated rings. The maximum atomic E-state index is 11.9. The third-order valence-electron chi connectivity index (χ3n) is 2.88. The first-order valence-electron chi connectivity index (χ1n) is 7.54. The molecule has 1 rings (SSSR count). The van der Waals surface area contributed by atoms with Crippen LogP contribution in [0.3, 0.4) is 0 Å². The second-order valence-corrected chi connectivity index (χ2v) is 6.21. The van der Waals surface area contributed by atoms with Gasteiger partial charge in [0.2, 0.25) is 0 Å². The second kappa shape index (κ2) is 8.94. The van der Waals surface area contributed by atoms with E-state index < -0.39 is 29.8 Å². The summed E-state index contributed by atoms with van der Waals surface area (Å²) in [6.45, 7) is 5.21. The average molecular weight is 333 g/mol. The number of aliphatic hydroxyl groups excluding tert-OH is 1. The van der Waals surface area contributed by atoms with Gasteiger partial charge in [-0.15, -0.1) is 6.42 Å². The maximum absolute atomic E-state index is 11.9. The number of alkyl carbamates (subject to hydrolysis) is 1. The average Bonchev–Trinajstić information content (AvgIpc) is 2.50. The SMILES string of the molecule is C#CC(O)[C@H](CC(=O)OCc1ccccc1)NC(=O)OC(C)(C)C. The molecule has 6 nitrogen and oxygen atoms in total. The topological polar surface area (TPSA) is 84.9 Å². The first kappa shape index (κ1) is 19.5. The maximum Gasteiger partial charge on any atom is 0.408 e. The first-order valence-corrected chi connectivity index (χ1v) is 7.54. The first-order chi connectivity index (χ1) is 11.2. The smallest absolute Gasteiger partial charge is 0.408 e. The fourth-order valence-corrected chi connectivity index (χ4v) is 1.79. The van der Waals surface area contributed by atoms with Gasteiger partial charge in [0, 0.05) is 0 Å². The molecular formula is C18H23NO5. The number of ether oxygens (including phenoxy) is 2. The minimum absolute atomic E-state index is 0.102. The minimum atomic E-state index is -1.33. The Bertz CT molecular complexity index is 586. The normalized spacial score (nSPS) is 13.3. The Morgan fingerprint density at radius 1 is 1.29 bits per heavy atom. The molecule has 2 N–H and O–H groups in total. The summed E-state index contributed by atoms with van der Waals surface area (Å²) < 4.78 is 10.2. The van der Waals surface area contributed by atoms with E-state index in [0.717, 1.165) is 5.56 Å². The quantitative estimate of drug-likeness (QED) is 0.614. The number of amides is 1. The molecule has 1 amide bonds. The molecule has 0 saturated heterocycles. The Balaban J connectivity index is 2.57. The molecule has 0 bridgehead atoms. The zero-order chi connectivity index (χ0) is 18.2. The van der Waals surface area contributed by atoms with Gasteiger partial charge in [0.1, 0.15) is 18.3 Å². The fraction of sp³-hybridized carbons (Fsp3) is 0.444. The molecule has 24 heavy (non-hydrogen) atoms. The van der Waals surface area contributed by atoms with Gasteiger partial charge in [-0.25, -0.2) is 4.79 Å². The third-order valence-corrected chi connectivity index (χ3v) is 2.88. The van der Waals surface area contributed by atoms with Gasteiger partial charge in [0.15, 0.2) is 0 Å². The molecule has 0 heterocycles. The van der Waals surface area contributed by atoms with Gasteiger partial charge >= 0.3 is 12.1 Å². The molecule has 0 aliphatic carbocycles. The van der Waals surface area contributed by atoms with Crippen LogP contribution in [0.1, 0.15) is 32.8 Å². The van der Waals surface area contributed by atoms with E-state index in [-0.39, 0.29) is 13.0 Å². The van der Waals surface area contributed by atoms with Crippen molar-refractivity contribution in [3.63, 3.8) is 0 Å². The summed E-state index contributed by atoms with van der Waals surface area (Å²) in [5, 5.41) is 12.2. The van der Waals surface area contributed by atoms with E-state index in [4.69, 9.17) is 15.9 Å². The lowest BCUT2D eigenvalue weighted by atomic mass is 10.1. The van der Waals surface area contributed by atoms with Crippen molar-refractivity contribution in [1.29, 1.82) is 0 Å². The summed E-state index contributed by atoms with van der Waals surface area (Å²) in [5.41, 5.74) is 0.129. The number of aliphatic hydroxyl groups is 1. The lowest BCUT2D eigenvalue weighted by Crippen LogP contribution is -2.46. The van der Waals surface area contributed by atoms with E-state index in [1.165, 1.54) is 0 Å². The van der Waals surface area contributed by atoms with Gasteiger partial charge in [0.25, 0.3) is 0 Å². The van der Waals surface area contributed by atoms with Crippen LogP contribution in [-0.4, -0.2) is 34.9 Å². The van der Waals surface area contributed by atoms with Gasteiger partial charge in [-0.3, -0.25) is 4.79 Å². The van der Waals surface area contributed by atoms with Crippen LogP contribution in [0.25, 0.3) is 0 Å². The Labute approximate surface area is 142 Å². The molecule has 0 spiro atoms. The van der Waals surface area contributed by atoms with Crippen LogP contribution in [0, 0.1) is 12.3 Å². The highest BCUT2D eigenvalue weighted by molar-refractivity contribution is 5.73. The molecule has 130 valence electrons. The number of carbonyl (C=O) groups excluding carboxylic acids is 2. The molecule has 1 unspecified atom stereocenters. The zero-order valence-corrected chi connectivity index (χ0v) is 14.1. The summed E-state index contributed by atoms with van der Waals surface area (Å²) in [5.74, 6) is 1.50. The summed E-state index contributed by atoms with van der Waals surface area (Å²) in [4.78, 5) is 23.7. The standard InChI is InChI=1S/C18H23NO5/c1-5-15(20)14(19-17(22)24-18(2,3)4)11-16(21)23-12-13-9-7-6-8-10-13/h1,6-10,14-15,20H,11-12H2,2-4H3,(H,19,22)/t14-,15?/m0/s1. The highest BCUT2D eigenvalue weighted by atomic mass is 16.6. The summed E-state index contributed by atoms with van der Waals surface area (Å²) >= 11 is 0. The van der Waals surface area contributed by atoms with Gasteiger partial charge in [-0.1, -0.05) is 36.3 Å². The number of hydrogen-bond donors (Lipinski definition) is 2. The summed E-state index contributed by atoms with van der Waals surface area (Å²) in [6.07, 6.45) is 2.81. The predicted octanol–water partition coefficient (Wildman–Crippen LogP) is 2.01. The number of hydrogen-bond acceptors (Lipinski definition) is 5. The number of carbonyl (C=O) groups is 2. The third kappa shape index (κ3) is 7.65. The Hall–Kier alpha value is -2.52. The molecule has 0 saturated carbocycles. The van der Waals surface area contributed by atoms with E-state index in [1.54, 1.807) is 20.8 Å². The number of terminal acetylenes is 1. The lowest BCUT2D eigenvalue weighted by Gasteiger charge is -2.24. The Kier molecular flexibility index (Phi) is 7.28. The monoisotopic (exact) mass is 333 g/mol. The predicted molar refractivity (Wildman–Crippen MR) is 88.9 cm³/mol. The highest BCUT2D eigenvalue weighted by Crippen LogP contribution is 2.09. The minimum Gasteiger partial charge on any atom is -0.461 e. The Morgan fingerprint density at radius 3 is 2.46 bits per heavy atom. The molecular weight excluding hydrogens is 310 g/mol. The number of rotatable bonds is 6. The molecule has 2 atom stereocenters. The number of esters is 1. The van der Waals surface area contributed by atoms with Crippen molar-refractivity contribution in [1.82, 2.24) is 5.32 Å². The van der Waals surface area contributed by atoms with Gasteiger partial charge in [0.05, 0.1) is 12.5 Å². The molecule has 0 aliphatic heterocycles. The zero-order valence-electron chi connectivity index (χ0n) is 14.1. The molecule has 1 aromatic carbocycles. The van der Waals surface area contributed by atoms with Crippen molar-refractivity contribution in [3.8, 4) is 12.3 Å². The van der Waals surface area contributed by atoms with Crippen LogP contribution in [0.15, 0.2) is 30.3 Å². The van der Waals surface area contributed by atoms with Crippen molar-refractivity contribution in [3.05, 3.63) is 35.9 Å². The second-order valence-electron chi connectivity index (χ2n) is 6.21. The van der Waals surface area contributed by atoms with Crippen LogP contribution in [0.4, 0.5) is 4.79 Å². The van der Waals surface area contributed by atoms with Crippen LogP contribution in [-0.2, 0) is 20.9 Å². The molecule has 1 aromatic rings. The molecule has 0 aliphatic rings. The number of benzene rings is 1. The molecule has 0 aromatic heterocycles. The van der Waals surface area contributed by atoms with Crippen LogP contribution < -0.4 is 5.32 Å². The largest absolute Gasteiger partial charge is 0.461 e. The van der Waals surface area contributed by atoms with Crippen molar-refractivity contribution < 1.29 is 24.2 Å². The van der Waals surface area contributed by atoms with Crippen molar-refractivity contribution in [2.75, 3.05) is 0 Å². The van der Waals surface area contributed by atoms with Gasteiger partial charge < -0.3 is 19.9 Å². The van der Waals surface area contributed by atoms with Gasteiger partial charge in [-0.05, 0) is 26.3 Å². The van der Waals surface area contributed by atoms with Crippen molar-refractivity contribution in [2.45, 2.75) is 51.5 Å². The highest BCUT2D eigenvalue weighted by Gasteiger charge is 2.26. The molecule has 0 radical (unpaired) electrons. The number of nitrogens with one attached hydrogen (secondary N) is 1. The van der Waals surface area contributed by atoms with Gasteiger partial charge in [-0.2, -0.15) is 0 Å². The van der Waals surface area contributed by atoms with Crippen molar-refractivity contribution >= 4 is 12.1 Å². The van der Waals surface area contributed by atoms with E-state index in [9.17, 15) is 14.7 Å². The van der Waals surface area contributed by atoms with Crippen LogP contribution >= 0.6 is 0 Å². The summed E-state index contributed by atoms with van der Waals surface area (Å²) in [6, 6.07) is 8.17. The van der Waals surface area contributed by atoms with E-state index in [0.29, 0.717) is 0 Å². The Morgan fingerprint density at radius 2 is 1.92 bits per heavy atom.